The van der Waals surface area contributed by atoms with Gasteiger partial charge >= 0.3 is 5.69 Å². The van der Waals surface area contributed by atoms with Crippen molar-refractivity contribution in [3.63, 3.8) is 0 Å². The molecule has 0 bridgehead atoms. The average Bonchev–Trinajstić information content (AvgIpc) is 2.67. The Morgan fingerprint density at radius 1 is 1.33 bits per heavy atom. The predicted octanol–water partition coefficient (Wildman–Crippen LogP) is -0.205. The minimum Gasteiger partial charge on any atom is -0.480 e. The van der Waals surface area contributed by atoms with Crippen molar-refractivity contribution >= 4 is 5.91 Å². The molecule has 0 saturated carbocycles. The van der Waals surface area contributed by atoms with Gasteiger partial charge in [-0.1, -0.05) is 0 Å². The molecular formula is C17H21N5O5. The van der Waals surface area contributed by atoms with Crippen LogP contribution in [0.25, 0.3) is 0 Å². The molecule has 3 rings (SSSR count). The van der Waals surface area contributed by atoms with Crippen molar-refractivity contribution in [3.8, 4) is 11.8 Å². The van der Waals surface area contributed by atoms with Crippen LogP contribution in [0.3, 0.4) is 0 Å². The summed E-state index contributed by atoms with van der Waals surface area (Å²) in [5.41, 5.74) is -0.981. The topological polar surface area (TPSA) is 119 Å². The Morgan fingerprint density at radius 3 is 2.93 bits per heavy atom. The standard InChI is InChI=1S/C17H21N5O5/c1-26-14-9-18-10-15(20-14)27-12-3-2-6-22(11-12)16(24)5-8-21-7-4-13(23)19-17(21)25/h4,7,9-10,12H,2-3,5-6,8,11H2,1H3,(H,19,23,25). The molecule has 10 nitrogen and oxygen atoms in total. The second-order valence-corrected chi connectivity index (χ2v) is 6.18. The smallest absolute Gasteiger partial charge is 0.328 e. The van der Waals surface area contributed by atoms with E-state index < -0.39 is 11.2 Å². The van der Waals surface area contributed by atoms with Crippen molar-refractivity contribution in [2.75, 3.05) is 20.2 Å². The van der Waals surface area contributed by atoms with Crippen LogP contribution in [-0.4, -0.2) is 56.6 Å². The molecule has 10 heteroatoms. The molecule has 1 N–H and O–H groups in total. The monoisotopic (exact) mass is 375 g/mol. The number of carbonyl (C=O) groups is 1. The molecule has 27 heavy (non-hydrogen) atoms. The van der Waals surface area contributed by atoms with E-state index in [1.807, 2.05) is 0 Å². The van der Waals surface area contributed by atoms with Gasteiger partial charge in [0.05, 0.1) is 26.0 Å². The molecule has 1 saturated heterocycles. The quantitative estimate of drug-likeness (QED) is 0.742. The minimum absolute atomic E-state index is 0.0712. The predicted molar refractivity (Wildman–Crippen MR) is 94.8 cm³/mol. The molecule has 2 aromatic rings. The number of nitrogens with zero attached hydrogens (tertiary/aromatic N) is 4. The molecule has 2 aromatic heterocycles. The van der Waals surface area contributed by atoms with Gasteiger partial charge in [-0.3, -0.25) is 19.6 Å². The lowest BCUT2D eigenvalue weighted by Crippen LogP contribution is -2.45. The minimum atomic E-state index is -0.522. The number of nitrogens with one attached hydrogen (secondary N) is 1. The number of amides is 1. The maximum atomic E-state index is 12.5. The molecule has 0 spiro atoms. The van der Waals surface area contributed by atoms with E-state index in [1.165, 1.54) is 36.3 Å². The normalized spacial score (nSPS) is 16.8. The first-order valence-electron chi connectivity index (χ1n) is 8.65. The van der Waals surface area contributed by atoms with Crippen LogP contribution in [0.4, 0.5) is 0 Å². The van der Waals surface area contributed by atoms with Crippen molar-refractivity contribution < 1.29 is 14.3 Å². The Kier molecular flexibility index (Phi) is 5.84. The van der Waals surface area contributed by atoms with Crippen molar-refractivity contribution in [3.05, 3.63) is 45.5 Å². The van der Waals surface area contributed by atoms with Crippen molar-refractivity contribution in [2.24, 2.45) is 0 Å². The van der Waals surface area contributed by atoms with Crippen LogP contribution in [0.5, 0.6) is 11.8 Å². The third kappa shape index (κ3) is 4.93. The van der Waals surface area contributed by atoms with Gasteiger partial charge in [-0.2, -0.15) is 4.98 Å². The van der Waals surface area contributed by atoms with Gasteiger partial charge < -0.3 is 18.9 Å². The zero-order valence-corrected chi connectivity index (χ0v) is 15.0. The Labute approximate surface area is 154 Å². The molecule has 0 radical (unpaired) electrons. The third-order valence-electron chi connectivity index (χ3n) is 4.28. The molecular weight excluding hydrogens is 354 g/mol. The molecule has 144 valence electrons. The largest absolute Gasteiger partial charge is 0.480 e. The van der Waals surface area contributed by atoms with Crippen molar-refractivity contribution in [1.29, 1.82) is 0 Å². The molecule has 1 amide bonds. The fraction of sp³-hybridized carbons (Fsp3) is 0.471. The van der Waals surface area contributed by atoms with E-state index in [0.29, 0.717) is 24.8 Å². The van der Waals surface area contributed by atoms with Gasteiger partial charge in [0.1, 0.15) is 6.10 Å². The van der Waals surface area contributed by atoms with E-state index in [-0.39, 0.29) is 25.0 Å². The number of methoxy groups -OCH3 is 1. The summed E-state index contributed by atoms with van der Waals surface area (Å²) in [5, 5.41) is 0. The molecule has 1 unspecified atom stereocenters. The van der Waals surface area contributed by atoms with Gasteiger partial charge in [0.25, 0.3) is 5.56 Å². The highest BCUT2D eigenvalue weighted by Crippen LogP contribution is 2.18. The van der Waals surface area contributed by atoms with Crippen LogP contribution < -0.4 is 20.7 Å². The lowest BCUT2D eigenvalue weighted by Gasteiger charge is -2.32. The Bertz CT molecular complexity index is 909. The summed E-state index contributed by atoms with van der Waals surface area (Å²) < 4.78 is 12.2. The van der Waals surface area contributed by atoms with Crippen molar-refractivity contribution in [2.45, 2.75) is 31.9 Å². The first kappa shape index (κ1) is 18.6. The summed E-state index contributed by atoms with van der Waals surface area (Å²) >= 11 is 0. The number of hydrogen-bond acceptors (Lipinski definition) is 7. The SMILES string of the molecule is COc1cncc(OC2CCCN(C(=O)CCn3ccc(=O)[nH]c3=O)C2)n1. The number of H-pyrrole nitrogens is 1. The van der Waals surface area contributed by atoms with Crippen LogP contribution >= 0.6 is 0 Å². The van der Waals surface area contributed by atoms with Crippen LogP contribution in [0.1, 0.15) is 19.3 Å². The van der Waals surface area contributed by atoms with Crippen LogP contribution in [-0.2, 0) is 11.3 Å². The Balaban J connectivity index is 1.55. The zero-order chi connectivity index (χ0) is 19.2. The highest BCUT2D eigenvalue weighted by Gasteiger charge is 2.25. The summed E-state index contributed by atoms with van der Waals surface area (Å²) in [7, 11) is 1.50. The highest BCUT2D eigenvalue weighted by molar-refractivity contribution is 5.76. The lowest BCUT2D eigenvalue weighted by atomic mass is 10.1. The number of hydrogen-bond donors (Lipinski definition) is 1. The number of rotatable bonds is 6. The second-order valence-electron chi connectivity index (χ2n) is 6.18. The van der Waals surface area contributed by atoms with E-state index in [2.05, 4.69) is 15.0 Å². The Morgan fingerprint density at radius 2 is 2.15 bits per heavy atom. The van der Waals surface area contributed by atoms with Crippen molar-refractivity contribution in [1.82, 2.24) is 24.4 Å². The van der Waals surface area contributed by atoms with Gasteiger partial charge in [0.2, 0.25) is 17.7 Å². The molecule has 0 aromatic carbocycles. The van der Waals surface area contributed by atoms with E-state index >= 15 is 0 Å². The third-order valence-corrected chi connectivity index (χ3v) is 4.28. The van der Waals surface area contributed by atoms with E-state index in [4.69, 9.17) is 9.47 Å². The molecule has 0 aliphatic carbocycles. The summed E-state index contributed by atoms with van der Waals surface area (Å²) in [4.78, 5) is 47.3. The van der Waals surface area contributed by atoms with Gasteiger partial charge in [0, 0.05) is 31.8 Å². The highest BCUT2D eigenvalue weighted by atomic mass is 16.5. The van der Waals surface area contributed by atoms with Crippen LogP contribution in [0, 0.1) is 0 Å². The number of ether oxygens (including phenoxy) is 2. The number of likely N-dealkylation sites (tertiary alicyclic amines) is 1. The average molecular weight is 375 g/mol. The first-order valence-corrected chi connectivity index (χ1v) is 8.65. The number of piperidine rings is 1. The zero-order valence-electron chi connectivity index (χ0n) is 15.0. The summed E-state index contributed by atoms with van der Waals surface area (Å²) in [6, 6.07) is 1.26. The maximum Gasteiger partial charge on any atom is 0.328 e. The summed E-state index contributed by atoms with van der Waals surface area (Å²) in [5.74, 6) is 0.647. The summed E-state index contributed by atoms with van der Waals surface area (Å²) in [6.45, 7) is 1.29. The molecule has 3 heterocycles. The van der Waals surface area contributed by atoms with Gasteiger partial charge in [0.15, 0.2) is 0 Å². The maximum absolute atomic E-state index is 12.5. The van der Waals surface area contributed by atoms with Gasteiger partial charge in [-0.25, -0.2) is 4.79 Å². The lowest BCUT2D eigenvalue weighted by molar-refractivity contribution is -0.134. The van der Waals surface area contributed by atoms with Gasteiger partial charge in [-0.15, -0.1) is 0 Å². The van der Waals surface area contributed by atoms with Gasteiger partial charge in [-0.05, 0) is 12.8 Å². The van der Waals surface area contributed by atoms with Crippen LogP contribution in [0.15, 0.2) is 34.2 Å². The fourth-order valence-corrected chi connectivity index (χ4v) is 2.91. The van der Waals surface area contributed by atoms with E-state index in [9.17, 15) is 14.4 Å². The molecule has 1 aliphatic rings. The first-order chi connectivity index (χ1) is 13.0. The number of aryl methyl sites for hydroxylation is 1. The Hall–Kier alpha value is -3.17. The number of aromatic nitrogens is 4. The molecule has 1 atom stereocenters. The van der Waals surface area contributed by atoms with E-state index in [0.717, 1.165) is 12.8 Å². The van der Waals surface area contributed by atoms with E-state index in [1.54, 1.807) is 4.90 Å². The fourth-order valence-electron chi connectivity index (χ4n) is 2.91. The molecule has 1 aliphatic heterocycles. The summed E-state index contributed by atoms with van der Waals surface area (Å²) in [6.07, 6.45) is 5.98. The molecule has 1 fully saturated rings. The van der Waals surface area contributed by atoms with Crippen LogP contribution in [0.2, 0.25) is 0 Å². The number of carbonyl (C=O) groups excluding carboxylic acids is 1. The number of aromatic amines is 1. The second kappa shape index (κ2) is 8.47.